The van der Waals surface area contributed by atoms with Crippen LogP contribution in [0.5, 0.6) is 0 Å². The van der Waals surface area contributed by atoms with Crippen molar-refractivity contribution in [3.05, 3.63) is 42.1 Å². The van der Waals surface area contributed by atoms with Crippen molar-refractivity contribution < 1.29 is 14.3 Å². The second kappa shape index (κ2) is 11.4. The Morgan fingerprint density at radius 2 is 1.97 bits per heavy atom. The number of primary amides is 1. The predicted molar refractivity (Wildman–Crippen MR) is 127 cm³/mol. The molecule has 1 aromatic carbocycles. The van der Waals surface area contributed by atoms with Gasteiger partial charge in [0.1, 0.15) is 11.2 Å². The van der Waals surface area contributed by atoms with E-state index >= 15 is 0 Å². The third-order valence-corrected chi connectivity index (χ3v) is 4.98. The van der Waals surface area contributed by atoms with Gasteiger partial charge in [-0.2, -0.15) is 10.4 Å². The topological polar surface area (TPSA) is 126 Å². The van der Waals surface area contributed by atoms with Crippen molar-refractivity contribution in [3.63, 3.8) is 0 Å². The summed E-state index contributed by atoms with van der Waals surface area (Å²) in [5, 5.41) is 17.1. The molecule has 9 nitrogen and oxygen atoms in total. The van der Waals surface area contributed by atoms with Gasteiger partial charge in [-0.15, -0.1) is 0 Å². The van der Waals surface area contributed by atoms with Gasteiger partial charge in [0.05, 0.1) is 18.5 Å². The lowest BCUT2D eigenvalue weighted by Gasteiger charge is -2.31. The number of nitrogens with zero attached hydrogens (tertiary/aromatic N) is 4. The third-order valence-electron chi connectivity index (χ3n) is 4.98. The Morgan fingerprint density at radius 3 is 2.52 bits per heavy atom. The van der Waals surface area contributed by atoms with Crippen LogP contribution in [0.3, 0.4) is 0 Å². The summed E-state index contributed by atoms with van der Waals surface area (Å²) in [4.78, 5) is 26.4. The van der Waals surface area contributed by atoms with Gasteiger partial charge in [0.2, 0.25) is 0 Å². The van der Waals surface area contributed by atoms with E-state index in [-0.39, 0.29) is 23.9 Å². The standard InChI is InChI=1S/C24H34N6O3/c1-6-14-29(23(32)33-24(3,4)5)15-17(2)20(12-13-25)30-16-19(21(26)31)22(28-30)27-18-10-8-7-9-11-18/h7-11,16-17,20H,6,12,14-15H2,1-5H3,(H2,26,31)(H,27,28)/t17-,20+/m0/s1. The van der Waals surface area contributed by atoms with Crippen molar-refractivity contribution in [1.29, 1.82) is 5.26 Å². The maximum Gasteiger partial charge on any atom is 0.410 e. The van der Waals surface area contributed by atoms with Crippen molar-refractivity contribution in [1.82, 2.24) is 14.7 Å². The number of amides is 2. The molecular formula is C24H34N6O3. The molecule has 0 saturated carbocycles. The monoisotopic (exact) mass is 454 g/mol. The van der Waals surface area contributed by atoms with Crippen LogP contribution in [0.2, 0.25) is 0 Å². The number of ether oxygens (including phenoxy) is 1. The van der Waals surface area contributed by atoms with E-state index in [4.69, 9.17) is 10.5 Å². The van der Waals surface area contributed by atoms with Gasteiger partial charge in [-0.1, -0.05) is 32.0 Å². The number of anilines is 2. The average Bonchev–Trinajstić information content (AvgIpc) is 3.14. The van der Waals surface area contributed by atoms with Crippen LogP contribution in [0.25, 0.3) is 0 Å². The first-order valence-corrected chi connectivity index (χ1v) is 11.1. The molecule has 0 saturated heterocycles. The van der Waals surface area contributed by atoms with Crippen LogP contribution < -0.4 is 11.1 Å². The molecule has 2 aromatic rings. The number of benzene rings is 1. The molecule has 0 fully saturated rings. The first-order valence-electron chi connectivity index (χ1n) is 11.1. The van der Waals surface area contributed by atoms with Crippen molar-refractivity contribution >= 4 is 23.5 Å². The average molecular weight is 455 g/mol. The Kier molecular flexibility index (Phi) is 8.85. The SMILES string of the molecule is CCCN(C[C@H](C)[C@@H](CC#N)n1cc(C(N)=O)c(Nc2ccccc2)n1)C(=O)OC(C)(C)C. The predicted octanol–water partition coefficient (Wildman–Crippen LogP) is 4.46. The van der Waals surface area contributed by atoms with E-state index in [1.807, 2.05) is 65.0 Å². The number of aromatic nitrogens is 2. The van der Waals surface area contributed by atoms with Gasteiger partial charge in [-0.05, 0) is 45.2 Å². The van der Waals surface area contributed by atoms with E-state index < -0.39 is 17.6 Å². The number of nitrogens with one attached hydrogen (secondary N) is 1. The molecule has 0 radical (unpaired) electrons. The number of hydrogen-bond donors (Lipinski definition) is 2. The summed E-state index contributed by atoms with van der Waals surface area (Å²) in [6.45, 7) is 10.3. The maximum atomic E-state index is 12.7. The van der Waals surface area contributed by atoms with Crippen molar-refractivity contribution in [3.8, 4) is 6.07 Å². The summed E-state index contributed by atoms with van der Waals surface area (Å²) in [7, 11) is 0. The lowest BCUT2D eigenvalue weighted by atomic mass is 9.98. The lowest BCUT2D eigenvalue weighted by molar-refractivity contribution is 0.0207. The molecule has 9 heteroatoms. The zero-order chi connectivity index (χ0) is 24.6. The molecule has 0 spiro atoms. The Hall–Kier alpha value is -3.54. The smallest absolute Gasteiger partial charge is 0.410 e. The molecule has 0 aliphatic heterocycles. The quantitative estimate of drug-likeness (QED) is 0.546. The highest BCUT2D eigenvalue weighted by molar-refractivity contribution is 5.98. The number of para-hydroxylation sites is 1. The molecule has 0 unspecified atom stereocenters. The van der Waals surface area contributed by atoms with Gasteiger partial charge in [0.15, 0.2) is 5.82 Å². The van der Waals surface area contributed by atoms with Crippen LogP contribution in [0.4, 0.5) is 16.3 Å². The highest BCUT2D eigenvalue weighted by Crippen LogP contribution is 2.27. The second-order valence-corrected chi connectivity index (χ2v) is 9.06. The third kappa shape index (κ3) is 7.52. The zero-order valence-electron chi connectivity index (χ0n) is 20.0. The van der Waals surface area contributed by atoms with Crippen LogP contribution in [0, 0.1) is 17.2 Å². The number of nitriles is 1. The Balaban J connectivity index is 2.30. The minimum Gasteiger partial charge on any atom is -0.444 e. The molecule has 3 N–H and O–H groups in total. The van der Waals surface area contributed by atoms with E-state index in [1.54, 1.807) is 15.8 Å². The normalized spacial score (nSPS) is 13.0. The number of nitrogens with two attached hydrogens (primary N) is 1. The van der Waals surface area contributed by atoms with Crippen LogP contribution >= 0.6 is 0 Å². The molecule has 0 bridgehead atoms. The van der Waals surface area contributed by atoms with Gasteiger partial charge >= 0.3 is 6.09 Å². The van der Waals surface area contributed by atoms with Crippen molar-refractivity contribution in [2.24, 2.45) is 11.7 Å². The minimum absolute atomic E-state index is 0.145. The van der Waals surface area contributed by atoms with Crippen LogP contribution in [-0.4, -0.2) is 45.4 Å². The second-order valence-electron chi connectivity index (χ2n) is 9.06. The van der Waals surface area contributed by atoms with Gasteiger partial charge in [-0.3, -0.25) is 9.48 Å². The number of carbonyl (C=O) groups excluding carboxylic acids is 2. The fourth-order valence-corrected chi connectivity index (χ4v) is 3.46. The summed E-state index contributed by atoms with van der Waals surface area (Å²) in [6, 6.07) is 11.1. The highest BCUT2D eigenvalue weighted by Gasteiger charge is 2.28. The van der Waals surface area contributed by atoms with Gasteiger partial charge in [0, 0.05) is 25.0 Å². The van der Waals surface area contributed by atoms with Gasteiger partial charge in [0.25, 0.3) is 5.91 Å². The molecule has 2 rings (SSSR count). The molecule has 33 heavy (non-hydrogen) atoms. The van der Waals surface area contributed by atoms with Gasteiger partial charge < -0.3 is 20.7 Å². The lowest BCUT2D eigenvalue weighted by Crippen LogP contribution is -2.41. The van der Waals surface area contributed by atoms with Crippen molar-refractivity contribution in [2.75, 3.05) is 18.4 Å². The Bertz CT molecular complexity index is 974. The zero-order valence-corrected chi connectivity index (χ0v) is 20.0. The van der Waals surface area contributed by atoms with Crippen LogP contribution in [-0.2, 0) is 4.74 Å². The van der Waals surface area contributed by atoms with E-state index in [1.165, 1.54) is 0 Å². The molecule has 0 aliphatic carbocycles. The molecule has 2 atom stereocenters. The highest BCUT2D eigenvalue weighted by atomic mass is 16.6. The largest absolute Gasteiger partial charge is 0.444 e. The maximum absolute atomic E-state index is 12.7. The molecule has 178 valence electrons. The summed E-state index contributed by atoms with van der Waals surface area (Å²) in [5.74, 6) is -0.445. The first-order chi connectivity index (χ1) is 15.6. The Morgan fingerprint density at radius 1 is 1.30 bits per heavy atom. The molecule has 1 heterocycles. The van der Waals surface area contributed by atoms with E-state index in [9.17, 15) is 14.9 Å². The van der Waals surface area contributed by atoms with E-state index in [0.717, 1.165) is 12.1 Å². The van der Waals surface area contributed by atoms with E-state index in [2.05, 4.69) is 16.5 Å². The Labute approximate surface area is 195 Å². The summed E-state index contributed by atoms with van der Waals surface area (Å²) in [5.41, 5.74) is 5.97. The number of hydrogen-bond acceptors (Lipinski definition) is 6. The van der Waals surface area contributed by atoms with Crippen LogP contribution in [0.15, 0.2) is 36.5 Å². The summed E-state index contributed by atoms with van der Waals surface area (Å²) in [6.07, 6.45) is 2.09. The number of carbonyl (C=O) groups is 2. The molecular weight excluding hydrogens is 420 g/mol. The summed E-state index contributed by atoms with van der Waals surface area (Å²) < 4.78 is 7.14. The molecule has 2 amide bonds. The summed E-state index contributed by atoms with van der Waals surface area (Å²) >= 11 is 0. The van der Waals surface area contributed by atoms with Crippen LogP contribution in [0.1, 0.15) is 63.9 Å². The van der Waals surface area contributed by atoms with Gasteiger partial charge in [-0.25, -0.2) is 4.79 Å². The van der Waals surface area contributed by atoms with Crippen molar-refractivity contribution in [2.45, 2.75) is 59.1 Å². The number of rotatable bonds is 10. The first kappa shape index (κ1) is 25.7. The molecule has 1 aromatic heterocycles. The van der Waals surface area contributed by atoms with E-state index in [0.29, 0.717) is 18.9 Å². The minimum atomic E-state index is -0.621. The molecule has 0 aliphatic rings. The fourth-order valence-electron chi connectivity index (χ4n) is 3.46. The fraction of sp³-hybridized carbons (Fsp3) is 0.500.